The summed E-state index contributed by atoms with van der Waals surface area (Å²) in [4.78, 5) is 0. The zero-order chi connectivity index (χ0) is 7.91. The fourth-order valence-corrected chi connectivity index (χ4v) is 0. The molecule has 0 aliphatic heterocycles. The SMILES string of the molecule is CC[CH2][Mg+2].CS(=O)(=O)O. The van der Waals surface area contributed by atoms with Gasteiger partial charge in [0, 0.05) is 6.42 Å². The Morgan fingerprint density at radius 3 is 1.67 bits per heavy atom. The molecular formula is C4H11MgO3S+2. The van der Waals surface area contributed by atoms with Gasteiger partial charge in [-0.25, -0.2) is 0 Å². The zero-order valence-electron chi connectivity index (χ0n) is 5.79. The van der Waals surface area contributed by atoms with Crippen molar-refractivity contribution in [1.82, 2.24) is 0 Å². The van der Waals surface area contributed by atoms with E-state index in [2.05, 4.69) is 6.92 Å². The van der Waals surface area contributed by atoms with Gasteiger partial charge in [0.1, 0.15) is 0 Å². The van der Waals surface area contributed by atoms with Crippen molar-refractivity contribution in [2.24, 2.45) is 0 Å². The molecule has 3 nitrogen and oxygen atoms in total. The van der Waals surface area contributed by atoms with Crippen LogP contribution in [0.4, 0.5) is 0 Å². The van der Waals surface area contributed by atoms with Crippen LogP contribution in [0.15, 0.2) is 0 Å². The van der Waals surface area contributed by atoms with E-state index in [-0.39, 0.29) is 0 Å². The Morgan fingerprint density at radius 2 is 1.67 bits per heavy atom. The molecule has 0 fully saturated rings. The Bertz CT molecular complexity index is 119. The molecule has 0 aliphatic carbocycles. The second kappa shape index (κ2) is 6.79. The molecule has 0 saturated heterocycles. The predicted octanol–water partition coefficient (Wildman–Crippen LogP) is 0.487. The van der Waals surface area contributed by atoms with Crippen LogP contribution in [-0.4, -0.2) is 40.9 Å². The van der Waals surface area contributed by atoms with E-state index in [0.29, 0.717) is 6.26 Å². The first-order valence-electron chi connectivity index (χ1n) is 2.63. The average molecular weight is 164 g/mol. The normalized spacial score (nSPS) is 9.78. The Balaban J connectivity index is 0. The van der Waals surface area contributed by atoms with E-state index >= 15 is 0 Å². The Morgan fingerprint density at radius 1 is 1.56 bits per heavy atom. The van der Waals surface area contributed by atoms with Crippen molar-refractivity contribution in [3.05, 3.63) is 0 Å². The van der Waals surface area contributed by atoms with Crippen molar-refractivity contribution < 1.29 is 13.0 Å². The van der Waals surface area contributed by atoms with Gasteiger partial charge in [-0.2, -0.15) is 8.42 Å². The second-order valence-corrected chi connectivity index (χ2v) is 3.76. The lowest BCUT2D eigenvalue weighted by Crippen LogP contribution is -1.88. The molecule has 7 radical (unpaired) electrons. The fourth-order valence-electron chi connectivity index (χ4n) is 0. The van der Waals surface area contributed by atoms with Gasteiger partial charge in [-0.1, -0.05) is 6.92 Å². The molecule has 0 atom stereocenters. The molecule has 0 aromatic heterocycles. The Labute approximate surface area is 69.0 Å². The summed E-state index contributed by atoms with van der Waals surface area (Å²) in [5.74, 6) is 0. The van der Waals surface area contributed by atoms with Crippen molar-refractivity contribution in [2.45, 2.75) is 17.9 Å². The molecule has 0 saturated carbocycles. The molecule has 5 heteroatoms. The molecule has 0 unspecified atom stereocenters. The lowest BCUT2D eigenvalue weighted by molar-refractivity contribution is 0.490. The quantitative estimate of drug-likeness (QED) is 0.452. The van der Waals surface area contributed by atoms with Crippen LogP contribution in [0.2, 0.25) is 4.55 Å². The van der Waals surface area contributed by atoms with Gasteiger partial charge >= 0.3 is 21.7 Å². The summed E-state index contributed by atoms with van der Waals surface area (Å²) in [6, 6.07) is 0. The Kier molecular flexibility index (Phi) is 9.33. The van der Waals surface area contributed by atoms with Crippen LogP contribution in [-0.2, 0) is 10.1 Å². The lowest BCUT2D eigenvalue weighted by atomic mass is 10.6. The van der Waals surface area contributed by atoms with Crippen molar-refractivity contribution >= 4 is 31.8 Å². The summed E-state index contributed by atoms with van der Waals surface area (Å²) >= 11 is 2.02. The maximum absolute atomic E-state index is 9.19. The van der Waals surface area contributed by atoms with Crippen molar-refractivity contribution in [3.8, 4) is 0 Å². The van der Waals surface area contributed by atoms with Crippen LogP contribution in [0.1, 0.15) is 13.3 Å². The maximum atomic E-state index is 9.19. The molecule has 0 heterocycles. The highest BCUT2D eigenvalue weighted by Gasteiger charge is 2.17. The predicted molar refractivity (Wildman–Crippen MR) is 38.3 cm³/mol. The average Bonchev–Trinajstić information content (AvgIpc) is 1.61. The second-order valence-electron chi connectivity index (χ2n) is 1.59. The molecule has 51 valence electrons. The number of hydrogen-bond donors (Lipinski definition) is 1. The van der Waals surface area contributed by atoms with Gasteiger partial charge in [0.2, 0.25) is 0 Å². The molecule has 0 amide bonds. The highest BCUT2D eigenvalue weighted by atomic mass is 32.2. The van der Waals surface area contributed by atoms with E-state index in [1.807, 2.05) is 21.7 Å². The summed E-state index contributed by atoms with van der Waals surface area (Å²) in [5, 5.41) is 0. The van der Waals surface area contributed by atoms with Gasteiger partial charge < -0.3 is 0 Å². The maximum Gasteiger partial charge on any atom is 1.41 e. The summed E-state index contributed by atoms with van der Waals surface area (Å²) < 4.78 is 27.2. The van der Waals surface area contributed by atoms with Crippen LogP contribution < -0.4 is 0 Å². The van der Waals surface area contributed by atoms with Crippen molar-refractivity contribution in [1.29, 1.82) is 0 Å². The highest BCUT2D eigenvalue weighted by molar-refractivity contribution is 7.85. The third-order valence-corrected chi connectivity index (χ3v) is 1.06. The highest BCUT2D eigenvalue weighted by Crippen LogP contribution is 1.73. The molecule has 0 rings (SSSR count). The summed E-state index contributed by atoms with van der Waals surface area (Å²) in [5.41, 5.74) is 0. The zero-order valence-corrected chi connectivity index (χ0v) is 8.02. The third kappa shape index (κ3) is 138. The van der Waals surface area contributed by atoms with Crippen LogP contribution in [0.25, 0.3) is 0 Å². The summed E-state index contributed by atoms with van der Waals surface area (Å²) in [6.45, 7) is 2.19. The summed E-state index contributed by atoms with van der Waals surface area (Å²) in [7, 11) is -3.67. The van der Waals surface area contributed by atoms with Gasteiger partial charge in [-0.3, -0.25) is 4.55 Å². The lowest BCUT2D eigenvalue weighted by Gasteiger charge is -1.69. The molecular weight excluding hydrogens is 152 g/mol. The van der Waals surface area contributed by atoms with E-state index in [1.54, 1.807) is 0 Å². The minimum absolute atomic E-state index is 0.715. The van der Waals surface area contributed by atoms with Crippen molar-refractivity contribution in [3.63, 3.8) is 0 Å². The standard InChI is InChI=1S/C3H7.CH4O3S.Mg/c1-3-2;1-5(2,3)4;/h1,3H2,2H3;1H3,(H,2,3,4);/q;;+2. The molecule has 0 bridgehead atoms. The molecule has 0 spiro atoms. The van der Waals surface area contributed by atoms with Gasteiger partial charge in [0.15, 0.2) is 0 Å². The van der Waals surface area contributed by atoms with Crippen LogP contribution in [0.3, 0.4) is 0 Å². The van der Waals surface area contributed by atoms with Crippen LogP contribution in [0, 0.1) is 0 Å². The fraction of sp³-hybridized carbons (Fsp3) is 1.00. The largest absolute Gasteiger partial charge is 1.41 e. The van der Waals surface area contributed by atoms with Crippen molar-refractivity contribution in [2.75, 3.05) is 6.26 Å². The van der Waals surface area contributed by atoms with Crippen LogP contribution in [0.5, 0.6) is 0 Å². The smallest absolute Gasteiger partial charge is 0.286 e. The minimum Gasteiger partial charge on any atom is -0.286 e. The number of hydrogen-bond acceptors (Lipinski definition) is 2. The third-order valence-electron chi connectivity index (χ3n) is 0.354. The molecule has 0 aliphatic rings. The van der Waals surface area contributed by atoms with E-state index in [4.69, 9.17) is 4.55 Å². The minimum atomic E-state index is -3.67. The first kappa shape index (κ1) is 12.4. The Hall–Kier alpha value is 0.676. The van der Waals surface area contributed by atoms with Gasteiger partial charge in [-0.05, 0) is 0 Å². The van der Waals surface area contributed by atoms with E-state index in [9.17, 15) is 8.42 Å². The van der Waals surface area contributed by atoms with E-state index in [0.717, 1.165) is 0 Å². The molecule has 0 aromatic rings. The van der Waals surface area contributed by atoms with E-state index < -0.39 is 10.1 Å². The first-order chi connectivity index (χ1) is 3.91. The van der Waals surface area contributed by atoms with E-state index in [1.165, 1.54) is 11.0 Å². The molecule has 9 heavy (non-hydrogen) atoms. The number of rotatable bonds is 1. The summed E-state index contributed by atoms with van der Waals surface area (Å²) in [6.07, 6.45) is 2.05. The topological polar surface area (TPSA) is 54.4 Å². The first-order valence-corrected chi connectivity index (χ1v) is 5.48. The van der Waals surface area contributed by atoms with Crippen LogP contribution >= 0.6 is 0 Å². The van der Waals surface area contributed by atoms with Gasteiger partial charge in [0.05, 0.1) is 6.26 Å². The van der Waals surface area contributed by atoms with Gasteiger partial charge in [-0.15, -0.1) is 0 Å². The molecule has 0 aromatic carbocycles. The van der Waals surface area contributed by atoms with Gasteiger partial charge in [0.25, 0.3) is 14.7 Å². The monoisotopic (exact) mass is 163 g/mol. The molecule has 1 N–H and O–H groups in total.